The van der Waals surface area contributed by atoms with E-state index in [1.165, 1.54) is 14.0 Å². The number of rotatable bonds is 5. The number of esters is 2. The quantitative estimate of drug-likeness (QED) is 0.683. The highest BCUT2D eigenvalue weighted by Crippen LogP contribution is 2.20. The van der Waals surface area contributed by atoms with Gasteiger partial charge in [0, 0.05) is 12.7 Å². The van der Waals surface area contributed by atoms with Gasteiger partial charge < -0.3 is 19.8 Å². The van der Waals surface area contributed by atoms with Gasteiger partial charge in [0.2, 0.25) is 0 Å². The van der Waals surface area contributed by atoms with E-state index >= 15 is 0 Å². The largest absolute Gasteiger partial charge is 0.459 e. The first-order valence-electron chi connectivity index (χ1n) is 7.72. The molecule has 1 rings (SSSR count). The molecule has 0 aliphatic rings. The van der Waals surface area contributed by atoms with Crippen LogP contribution < -0.4 is 10.6 Å². The maximum atomic E-state index is 12.3. The van der Waals surface area contributed by atoms with E-state index in [4.69, 9.17) is 9.47 Å². The number of aryl methyl sites for hydroxylation is 1. The van der Waals surface area contributed by atoms with Crippen LogP contribution in [0.1, 0.15) is 52.9 Å². The van der Waals surface area contributed by atoms with Gasteiger partial charge in [-0.2, -0.15) is 0 Å². The van der Waals surface area contributed by atoms with E-state index in [1.54, 1.807) is 27.7 Å². The molecule has 25 heavy (non-hydrogen) atoms. The van der Waals surface area contributed by atoms with Gasteiger partial charge in [-0.15, -0.1) is 0 Å². The highest BCUT2D eigenvalue weighted by Gasteiger charge is 2.27. The molecule has 3 N–H and O–H groups in total. The van der Waals surface area contributed by atoms with Crippen molar-refractivity contribution in [2.75, 3.05) is 7.05 Å². The fraction of sp³-hybridized carbons (Fsp3) is 0.500. The summed E-state index contributed by atoms with van der Waals surface area (Å²) in [6.07, 6.45) is -1.50. The number of hydrogen-bond acceptors (Lipinski definition) is 6. The number of H-pyrrole nitrogens is 1. The number of carbonyl (C=O) groups excluding carboxylic acids is 4. The summed E-state index contributed by atoms with van der Waals surface area (Å²) in [5.41, 5.74) is 1.13. The molecule has 1 aromatic heterocycles. The van der Waals surface area contributed by atoms with Crippen molar-refractivity contribution in [1.82, 2.24) is 15.6 Å². The second-order valence-electron chi connectivity index (χ2n) is 5.69. The molecule has 9 nitrogen and oxygen atoms in total. The third kappa shape index (κ3) is 5.07. The summed E-state index contributed by atoms with van der Waals surface area (Å²) in [5.74, 6) is -2.14. The molecule has 0 aliphatic heterocycles. The minimum absolute atomic E-state index is 0.0489. The van der Waals surface area contributed by atoms with Gasteiger partial charge >= 0.3 is 18.0 Å². The Kier molecular flexibility index (Phi) is 6.72. The SMILES string of the molecule is CNC(=O)NC(=O)C(C)OC(=O)c1[nH]c(C)c(C(=O)OC(C)C)c1C. The summed E-state index contributed by atoms with van der Waals surface area (Å²) in [6, 6.07) is -0.710. The molecule has 1 unspecified atom stereocenters. The third-order valence-electron chi connectivity index (χ3n) is 3.31. The van der Waals surface area contributed by atoms with Crippen molar-refractivity contribution in [3.05, 3.63) is 22.5 Å². The molecule has 1 heterocycles. The summed E-state index contributed by atoms with van der Waals surface area (Å²) >= 11 is 0. The van der Waals surface area contributed by atoms with Crippen molar-refractivity contribution in [2.45, 2.75) is 46.8 Å². The molecular weight excluding hydrogens is 330 g/mol. The fourth-order valence-corrected chi connectivity index (χ4v) is 2.08. The van der Waals surface area contributed by atoms with Crippen molar-refractivity contribution < 1.29 is 28.7 Å². The zero-order valence-electron chi connectivity index (χ0n) is 15.1. The first-order chi connectivity index (χ1) is 11.6. The Balaban J connectivity index is 2.91. The lowest BCUT2D eigenvalue weighted by Crippen LogP contribution is -2.43. The summed E-state index contributed by atoms with van der Waals surface area (Å²) in [5, 5.41) is 4.22. The minimum atomic E-state index is -1.20. The molecule has 0 aromatic carbocycles. The molecule has 0 fully saturated rings. The zero-order valence-corrected chi connectivity index (χ0v) is 15.1. The number of hydrogen-bond donors (Lipinski definition) is 3. The van der Waals surface area contributed by atoms with E-state index < -0.39 is 30.0 Å². The second-order valence-corrected chi connectivity index (χ2v) is 5.69. The van der Waals surface area contributed by atoms with E-state index in [9.17, 15) is 19.2 Å². The Bertz CT molecular complexity index is 692. The first kappa shape index (κ1) is 20.2. The molecule has 0 spiro atoms. The average Bonchev–Trinajstić information content (AvgIpc) is 2.81. The predicted molar refractivity (Wildman–Crippen MR) is 88.3 cm³/mol. The van der Waals surface area contributed by atoms with E-state index in [0.717, 1.165) is 0 Å². The van der Waals surface area contributed by atoms with Crippen molar-refractivity contribution >= 4 is 23.9 Å². The van der Waals surface area contributed by atoms with E-state index in [0.29, 0.717) is 11.3 Å². The number of nitrogens with one attached hydrogen (secondary N) is 3. The Hall–Kier alpha value is -2.84. The van der Waals surface area contributed by atoms with Gasteiger partial charge in [0.1, 0.15) is 5.69 Å². The van der Waals surface area contributed by atoms with Gasteiger partial charge in [-0.05, 0) is 40.2 Å². The van der Waals surface area contributed by atoms with Crippen molar-refractivity contribution in [1.29, 1.82) is 0 Å². The summed E-state index contributed by atoms with van der Waals surface area (Å²) in [7, 11) is 1.35. The molecule has 3 amide bonds. The molecule has 1 atom stereocenters. The zero-order chi connectivity index (χ0) is 19.3. The third-order valence-corrected chi connectivity index (χ3v) is 3.31. The Labute approximate surface area is 145 Å². The van der Waals surface area contributed by atoms with Crippen LogP contribution in [0, 0.1) is 13.8 Å². The molecule has 1 aromatic rings. The number of amides is 3. The monoisotopic (exact) mass is 353 g/mol. The number of ether oxygens (including phenoxy) is 2. The molecule has 138 valence electrons. The highest BCUT2D eigenvalue weighted by atomic mass is 16.6. The smallest absolute Gasteiger partial charge is 0.355 e. The molecule has 0 radical (unpaired) electrons. The predicted octanol–water partition coefficient (Wildman–Crippen LogP) is 1.20. The normalized spacial score (nSPS) is 11.6. The van der Waals surface area contributed by atoms with E-state index in [1.807, 2.05) is 5.32 Å². The van der Waals surface area contributed by atoms with Crippen LogP contribution in [0.15, 0.2) is 0 Å². The molecule has 9 heteroatoms. The lowest BCUT2D eigenvalue weighted by Gasteiger charge is -2.12. The number of imide groups is 1. The van der Waals surface area contributed by atoms with Gasteiger partial charge in [-0.1, -0.05) is 0 Å². The van der Waals surface area contributed by atoms with Crippen LogP contribution in [0.25, 0.3) is 0 Å². The summed E-state index contributed by atoms with van der Waals surface area (Å²) in [6.45, 7) is 7.97. The van der Waals surface area contributed by atoms with Crippen molar-refractivity contribution in [3.63, 3.8) is 0 Å². The Morgan fingerprint density at radius 2 is 1.60 bits per heavy atom. The van der Waals surface area contributed by atoms with Crippen LogP contribution in [-0.4, -0.2) is 48.1 Å². The van der Waals surface area contributed by atoms with Crippen LogP contribution in [0.4, 0.5) is 4.79 Å². The number of carbonyl (C=O) groups is 4. The standard InChI is InChI=1S/C16H23N3O6/c1-7(2)24-14(21)11-8(3)12(18-9(11)4)15(22)25-10(5)13(20)19-16(23)17-6/h7,10,18H,1-6H3,(H2,17,19,20,23). The fourth-order valence-electron chi connectivity index (χ4n) is 2.08. The van der Waals surface area contributed by atoms with Crippen LogP contribution in [0.5, 0.6) is 0 Å². The van der Waals surface area contributed by atoms with E-state index in [2.05, 4.69) is 10.3 Å². The number of aromatic nitrogens is 1. The van der Waals surface area contributed by atoms with Crippen molar-refractivity contribution in [3.8, 4) is 0 Å². The van der Waals surface area contributed by atoms with Gasteiger partial charge in [0.25, 0.3) is 5.91 Å². The average molecular weight is 353 g/mol. The summed E-state index contributed by atoms with van der Waals surface area (Å²) < 4.78 is 10.2. The van der Waals surface area contributed by atoms with Gasteiger partial charge in [0.15, 0.2) is 6.10 Å². The maximum absolute atomic E-state index is 12.3. The molecule has 0 aliphatic carbocycles. The van der Waals surface area contributed by atoms with E-state index in [-0.39, 0.29) is 17.4 Å². The molecule has 0 bridgehead atoms. The summed E-state index contributed by atoms with van der Waals surface area (Å²) in [4.78, 5) is 50.0. The van der Waals surface area contributed by atoms with Crippen LogP contribution >= 0.6 is 0 Å². The topological polar surface area (TPSA) is 127 Å². The molecule has 0 saturated carbocycles. The van der Waals surface area contributed by atoms with Crippen LogP contribution in [-0.2, 0) is 14.3 Å². The van der Waals surface area contributed by atoms with Gasteiger partial charge in [0.05, 0.1) is 11.7 Å². The van der Waals surface area contributed by atoms with Gasteiger partial charge in [-0.3, -0.25) is 10.1 Å². The number of aromatic amines is 1. The number of urea groups is 1. The molecule has 0 saturated heterocycles. The van der Waals surface area contributed by atoms with Crippen LogP contribution in [0.2, 0.25) is 0 Å². The van der Waals surface area contributed by atoms with Crippen molar-refractivity contribution in [2.24, 2.45) is 0 Å². The highest BCUT2D eigenvalue weighted by molar-refractivity contribution is 6.00. The Morgan fingerprint density at radius 1 is 1.00 bits per heavy atom. The molecular formula is C16H23N3O6. The minimum Gasteiger partial charge on any atom is -0.459 e. The van der Waals surface area contributed by atoms with Crippen LogP contribution in [0.3, 0.4) is 0 Å². The first-order valence-corrected chi connectivity index (χ1v) is 7.72. The van der Waals surface area contributed by atoms with Gasteiger partial charge in [-0.25, -0.2) is 14.4 Å². The lowest BCUT2D eigenvalue weighted by molar-refractivity contribution is -0.127. The second kappa shape index (κ2) is 8.32. The lowest BCUT2D eigenvalue weighted by atomic mass is 10.1. The Morgan fingerprint density at radius 3 is 2.12 bits per heavy atom. The maximum Gasteiger partial charge on any atom is 0.355 e.